The fourth-order valence-corrected chi connectivity index (χ4v) is 8.64. The highest BCUT2D eigenvalue weighted by Crippen LogP contribution is 2.58. The van der Waals surface area contributed by atoms with E-state index in [-0.39, 0.29) is 5.56 Å². The average molecular weight is 565 g/mol. The summed E-state index contributed by atoms with van der Waals surface area (Å²) in [6, 6.07) is 18.9. The molecule has 0 aromatic heterocycles. The third-order valence-corrected chi connectivity index (χ3v) is 10.4. The summed E-state index contributed by atoms with van der Waals surface area (Å²) in [5.74, 6) is -0.232. The van der Waals surface area contributed by atoms with E-state index in [4.69, 9.17) is 9.47 Å². The van der Waals surface area contributed by atoms with E-state index in [1.807, 2.05) is 12.1 Å². The molecule has 7 aliphatic rings. The molecule has 1 spiro atoms. The van der Waals surface area contributed by atoms with Crippen LogP contribution in [0.5, 0.6) is 11.5 Å². The third kappa shape index (κ3) is 3.15. The molecule has 4 bridgehead atoms. The van der Waals surface area contributed by atoms with Crippen molar-refractivity contribution in [3.8, 4) is 11.5 Å². The van der Waals surface area contributed by atoms with Gasteiger partial charge in [0.25, 0.3) is 0 Å². The largest absolute Gasteiger partial charge is 0.478 e. The van der Waals surface area contributed by atoms with Gasteiger partial charge in [0.2, 0.25) is 0 Å². The number of ether oxygens (including phenoxy) is 2. The van der Waals surface area contributed by atoms with Crippen LogP contribution in [0.15, 0.2) is 54.6 Å². The van der Waals surface area contributed by atoms with E-state index in [0.29, 0.717) is 57.9 Å². The first kappa shape index (κ1) is 24.5. The molecule has 0 aliphatic carbocycles. The number of nitrogens with zero attached hydrogens (tertiary/aromatic N) is 4. The molecule has 3 aromatic rings. The fraction of sp³-hybridized carbons (Fsp3) is 0.394. The number of piperidine rings is 2. The zero-order valence-corrected chi connectivity index (χ0v) is 23.6. The highest BCUT2D eigenvalue weighted by molar-refractivity contribution is 5.99. The Morgan fingerprint density at radius 2 is 1.29 bits per heavy atom. The maximum atomic E-state index is 13.4. The number of benzene rings is 3. The second kappa shape index (κ2) is 8.26. The smallest absolute Gasteiger partial charge is 0.340 e. The van der Waals surface area contributed by atoms with Gasteiger partial charge in [0, 0.05) is 90.5 Å². The molecule has 214 valence electrons. The number of hydrogen-bond donors (Lipinski definition) is 1. The molecule has 1 N–H and O–H groups in total. The number of rotatable bonds is 3. The van der Waals surface area contributed by atoms with Crippen molar-refractivity contribution < 1.29 is 24.2 Å². The van der Waals surface area contributed by atoms with Gasteiger partial charge in [-0.05, 0) is 69.4 Å². The summed E-state index contributed by atoms with van der Waals surface area (Å²) in [7, 11) is 4.35. The number of likely N-dealkylation sites (N-methyl/N-ethyl adjacent to an activating group) is 2. The lowest BCUT2D eigenvalue weighted by atomic mass is 9.76. The number of carbonyl (C=O) groups is 2. The maximum absolute atomic E-state index is 13.4. The number of hydrogen-bond acceptors (Lipinski definition) is 8. The van der Waals surface area contributed by atoms with Crippen LogP contribution in [0.3, 0.4) is 0 Å². The highest BCUT2D eigenvalue weighted by atomic mass is 16.6. The maximum Gasteiger partial charge on any atom is 0.340 e. The minimum atomic E-state index is -1.30. The Balaban J connectivity index is 1.21. The van der Waals surface area contributed by atoms with Crippen molar-refractivity contribution in [3.63, 3.8) is 0 Å². The first-order valence-electron chi connectivity index (χ1n) is 14.8. The first-order valence-corrected chi connectivity index (χ1v) is 14.8. The lowest BCUT2D eigenvalue weighted by molar-refractivity contribution is 0.0224. The molecule has 0 radical (unpaired) electrons. The summed E-state index contributed by atoms with van der Waals surface area (Å²) < 4.78 is 13.1. The highest BCUT2D eigenvalue weighted by Gasteiger charge is 2.55. The van der Waals surface area contributed by atoms with Gasteiger partial charge in [0.1, 0.15) is 11.5 Å². The van der Waals surface area contributed by atoms with Gasteiger partial charge in [-0.15, -0.1) is 0 Å². The van der Waals surface area contributed by atoms with Gasteiger partial charge < -0.3 is 34.2 Å². The van der Waals surface area contributed by atoms with Crippen LogP contribution < -0.4 is 14.5 Å². The van der Waals surface area contributed by atoms with E-state index in [1.54, 1.807) is 12.1 Å². The Morgan fingerprint density at radius 3 is 1.79 bits per heavy atom. The normalized spacial score (nSPS) is 30.5. The Morgan fingerprint density at radius 1 is 0.762 bits per heavy atom. The summed E-state index contributed by atoms with van der Waals surface area (Å²) in [4.78, 5) is 35.2. The van der Waals surface area contributed by atoms with Crippen LogP contribution in [0.25, 0.3) is 0 Å². The SMILES string of the molecule is CN1CC2CC(C1)N2c1ccc2c(c1)Oc1cc(N3C4CC3CN(C)C4)ccc1C21OC(=O)c2ccc(C(=O)O)cc21. The summed E-state index contributed by atoms with van der Waals surface area (Å²) >= 11 is 0. The van der Waals surface area contributed by atoms with E-state index >= 15 is 0 Å². The second-order valence-corrected chi connectivity index (χ2v) is 12.9. The van der Waals surface area contributed by atoms with E-state index in [0.717, 1.165) is 37.6 Å². The van der Waals surface area contributed by atoms with E-state index < -0.39 is 17.5 Å². The molecule has 0 amide bonds. The molecule has 9 heteroatoms. The van der Waals surface area contributed by atoms with E-state index in [9.17, 15) is 14.7 Å². The van der Waals surface area contributed by atoms with Gasteiger partial charge in [-0.25, -0.2) is 9.59 Å². The van der Waals surface area contributed by atoms with E-state index in [2.05, 4.69) is 58.0 Å². The summed E-state index contributed by atoms with van der Waals surface area (Å²) in [5.41, 5.74) is 3.37. The van der Waals surface area contributed by atoms with Gasteiger partial charge in [-0.2, -0.15) is 0 Å². The van der Waals surface area contributed by atoms with Gasteiger partial charge >= 0.3 is 11.9 Å². The van der Waals surface area contributed by atoms with Crippen molar-refractivity contribution in [1.29, 1.82) is 0 Å². The number of likely N-dealkylation sites (tertiary alicyclic amines) is 1. The zero-order valence-electron chi connectivity index (χ0n) is 23.6. The lowest BCUT2D eigenvalue weighted by Crippen LogP contribution is -2.68. The van der Waals surface area contributed by atoms with Crippen molar-refractivity contribution in [3.05, 3.63) is 82.4 Å². The molecule has 9 nitrogen and oxygen atoms in total. The molecular formula is C33H32N4O5. The van der Waals surface area contributed by atoms with Crippen molar-refractivity contribution in [1.82, 2.24) is 9.80 Å². The van der Waals surface area contributed by atoms with Crippen LogP contribution in [-0.2, 0) is 10.3 Å². The molecule has 4 atom stereocenters. The summed E-state index contributed by atoms with van der Waals surface area (Å²) in [6.07, 6.45) is 2.38. The summed E-state index contributed by atoms with van der Waals surface area (Å²) in [5, 5.41) is 9.85. The number of esters is 1. The zero-order chi connectivity index (χ0) is 28.5. The van der Waals surface area contributed by atoms with Crippen LogP contribution in [0.2, 0.25) is 0 Å². The minimum absolute atomic E-state index is 0.115. The van der Waals surface area contributed by atoms with Crippen LogP contribution in [0.4, 0.5) is 11.4 Å². The van der Waals surface area contributed by atoms with Crippen LogP contribution in [-0.4, -0.2) is 91.3 Å². The van der Waals surface area contributed by atoms with Gasteiger partial charge in [0.05, 0.1) is 11.1 Å². The molecule has 42 heavy (non-hydrogen) atoms. The predicted octanol–water partition coefficient (Wildman–Crippen LogP) is 3.74. The molecule has 7 heterocycles. The first-order chi connectivity index (χ1) is 20.3. The standard InChI is InChI=1S/C33H32N4O5/c1-34-14-21-10-22(15-34)36(21)19-4-7-26-29(12-19)41-30-13-20(37-23-11-24(37)17-35(2)16-23)5-8-27(30)33(26)28-9-18(31(38)39)3-6-25(28)32(40)42-33/h3-9,12-13,21-24H,10-11,14-17H2,1-2H3,(H,38,39). The number of carboxylic acid groups (broad SMARTS) is 1. The number of anilines is 2. The molecule has 5 fully saturated rings. The number of piperazine rings is 2. The van der Waals surface area contributed by atoms with Gasteiger partial charge in [-0.3, -0.25) is 0 Å². The Bertz CT molecular complexity index is 1600. The van der Waals surface area contributed by atoms with Crippen molar-refractivity contribution in [2.45, 2.75) is 42.6 Å². The molecule has 3 aromatic carbocycles. The van der Waals surface area contributed by atoms with Crippen LogP contribution in [0.1, 0.15) is 50.2 Å². The van der Waals surface area contributed by atoms with Gasteiger partial charge in [0.15, 0.2) is 5.60 Å². The van der Waals surface area contributed by atoms with Crippen molar-refractivity contribution >= 4 is 23.3 Å². The van der Waals surface area contributed by atoms with Crippen LogP contribution in [0, 0.1) is 0 Å². The fourth-order valence-electron chi connectivity index (χ4n) is 8.64. The van der Waals surface area contributed by atoms with Gasteiger partial charge in [-0.1, -0.05) is 0 Å². The lowest BCUT2D eigenvalue weighted by Gasteiger charge is -2.57. The molecule has 5 saturated heterocycles. The van der Waals surface area contributed by atoms with Crippen LogP contribution >= 0.6 is 0 Å². The minimum Gasteiger partial charge on any atom is -0.478 e. The number of aromatic carboxylic acids is 1. The topological polar surface area (TPSA) is 85.8 Å². The molecule has 10 rings (SSSR count). The Labute approximate surface area is 243 Å². The quantitative estimate of drug-likeness (QED) is 0.478. The van der Waals surface area contributed by atoms with Crippen molar-refractivity contribution in [2.75, 3.05) is 50.1 Å². The Hall–Kier alpha value is -4.08. The number of carbonyl (C=O) groups excluding carboxylic acids is 1. The Kier molecular flexibility index (Phi) is 4.82. The molecule has 7 aliphatic heterocycles. The second-order valence-electron chi connectivity index (χ2n) is 12.9. The van der Waals surface area contributed by atoms with Crippen molar-refractivity contribution in [2.24, 2.45) is 0 Å². The summed E-state index contributed by atoms with van der Waals surface area (Å²) in [6.45, 7) is 4.11. The molecule has 4 unspecified atom stereocenters. The number of fused-ring (bicyclic) bond motifs is 10. The number of carboxylic acids is 1. The van der Waals surface area contributed by atoms with E-state index in [1.165, 1.54) is 18.9 Å². The monoisotopic (exact) mass is 564 g/mol. The molecule has 0 saturated carbocycles. The third-order valence-electron chi connectivity index (χ3n) is 10.4. The predicted molar refractivity (Wildman–Crippen MR) is 156 cm³/mol. The molecular weight excluding hydrogens is 532 g/mol. The average Bonchev–Trinajstić information content (AvgIpc) is 3.24.